The summed E-state index contributed by atoms with van der Waals surface area (Å²) in [5.74, 6) is 0.230. The van der Waals surface area contributed by atoms with Gasteiger partial charge in [0, 0.05) is 62.8 Å². The zero-order chi connectivity index (χ0) is 17.8. The van der Waals surface area contributed by atoms with E-state index in [9.17, 15) is 4.79 Å². The van der Waals surface area contributed by atoms with Crippen molar-refractivity contribution in [2.24, 2.45) is 0 Å². The average Bonchev–Trinajstić information content (AvgIpc) is 2.80. The molecule has 1 N–H and O–H groups in total. The number of nitrogens with one attached hydrogen (secondary N) is 1. The molecule has 0 aliphatic carbocycles. The Labute approximate surface area is 149 Å². The van der Waals surface area contributed by atoms with Crippen LogP contribution in [0.3, 0.4) is 0 Å². The summed E-state index contributed by atoms with van der Waals surface area (Å²) in [4.78, 5) is 21.2. The maximum Gasteiger partial charge on any atom is 0.223 e. The quantitative estimate of drug-likeness (QED) is 0.927. The lowest BCUT2D eigenvalue weighted by Crippen LogP contribution is -2.35. The smallest absolute Gasteiger partial charge is 0.223 e. The molecule has 3 rings (SSSR count). The predicted molar refractivity (Wildman–Crippen MR) is 98.8 cm³/mol. The Kier molecular flexibility index (Phi) is 5.36. The van der Waals surface area contributed by atoms with Gasteiger partial charge in [0.2, 0.25) is 5.91 Å². The van der Waals surface area contributed by atoms with E-state index >= 15 is 0 Å². The highest BCUT2D eigenvalue weighted by atomic mass is 16.2. The summed E-state index contributed by atoms with van der Waals surface area (Å²) in [5.41, 5.74) is 5.68. The van der Waals surface area contributed by atoms with E-state index < -0.39 is 0 Å². The van der Waals surface area contributed by atoms with E-state index in [-0.39, 0.29) is 5.91 Å². The lowest BCUT2D eigenvalue weighted by atomic mass is 10.1. The number of amides is 1. The van der Waals surface area contributed by atoms with E-state index in [4.69, 9.17) is 0 Å². The summed E-state index contributed by atoms with van der Waals surface area (Å²) in [5, 5.41) is 7.30. The molecule has 1 amide bonds. The van der Waals surface area contributed by atoms with Crippen LogP contribution in [-0.2, 0) is 11.2 Å². The summed E-state index contributed by atoms with van der Waals surface area (Å²) in [7, 11) is 0. The van der Waals surface area contributed by atoms with Crippen LogP contribution < -0.4 is 4.90 Å². The minimum absolute atomic E-state index is 0.230. The molecule has 1 saturated heterocycles. The second-order valence-corrected chi connectivity index (χ2v) is 6.80. The van der Waals surface area contributed by atoms with Crippen LogP contribution in [0.25, 0.3) is 0 Å². The number of nitrogens with zero attached hydrogens (tertiary/aromatic N) is 4. The van der Waals surface area contributed by atoms with E-state index in [0.29, 0.717) is 12.8 Å². The first-order valence-electron chi connectivity index (χ1n) is 9.00. The van der Waals surface area contributed by atoms with Gasteiger partial charge in [-0.25, -0.2) is 0 Å². The average molecular weight is 341 g/mol. The molecule has 0 saturated carbocycles. The minimum Gasteiger partial charge on any atom is -0.369 e. The number of carbonyl (C=O) groups is 1. The fourth-order valence-corrected chi connectivity index (χ4v) is 3.39. The first kappa shape index (κ1) is 17.5. The van der Waals surface area contributed by atoms with Gasteiger partial charge < -0.3 is 9.80 Å². The van der Waals surface area contributed by atoms with E-state index in [0.717, 1.165) is 44.0 Å². The summed E-state index contributed by atoms with van der Waals surface area (Å²) < 4.78 is 0. The highest BCUT2D eigenvalue weighted by Crippen LogP contribution is 2.20. The van der Waals surface area contributed by atoms with Gasteiger partial charge >= 0.3 is 0 Å². The van der Waals surface area contributed by atoms with E-state index in [1.165, 1.54) is 16.8 Å². The number of aryl methyl sites for hydroxylation is 3. The molecule has 0 radical (unpaired) electrons. The molecule has 134 valence electrons. The number of hydrogen-bond donors (Lipinski definition) is 1. The van der Waals surface area contributed by atoms with E-state index in [1.54, 1.807) is 0 Å². The van der Waals surface area contributed by atoms with E-state index in [1.807, 2.05) is 24.2 Å². The Morgan fingerprint density at radius 1 is 1.20 bits per heavy atom. The van der Waals surface area contributed by atoms with Crippen LogP contribution in [-0.4, -0.2) is 52.2 Å². The number of aromatic amines is 1. The summed E-state index contributed by atoms with van der Waals surface area (Å²) in [6.45, 7) is 9.61. The minimum atomic E-state index is 0.230. The zero-order valence-corrected chi connectivity index (χ0v) is 15.4. The van der Waals surface area contributed by atoms with Gasteiger partial charge in [-0.05, 0) is 44.4 Å². The monoisotopic (exact) mass is 341 g/mol. The third kappa shape index (κ3) is 4.00. The van der Waals surface area contributed by atoms with Crippen molar-refractivity contribution in [3.63, 3.8) is 0 Å². The van der Waals surface area contributed by atoms with Crippen molar-refractivity contribution in [3.05, 3.63) is 41.0 Å². The van der Waals surface area contributed by atoms with Crippen LogP contribution >= 0.6 is 0 Å². The molecule has 1 fully saturated rings. The summed E-state index contributed by atoms with van der Waals surface area (Å²) in [6.07, 6.45) is 5.97. The van der Waals surface area contributed by atoms with Gasteiger partial charge in [0.05, 0.1) is 5.69 Å². The van der Waals surface area contributed by atoms with Gasteiger partial charge in [-0.3, -0.25) is 14.9 Å². The Bertz CT molecular complexity index is 739. The topological polar surface area (TPSA) is 65.1 Å². The maximum atomic E-state index is 12.6. The van der Waals surface area contributed by atoms with Crippen molar-refractivity contribution in [3.8, 4) is 0 Å². The lowest BCUT2D eigenvalue weighted by molar-refractivity contribution is -0.130. The van der Waals surface area contributed by atoms with Crippen LogP contribution in [0.2, 0.25) is 0 Å². The van der Waals surface area contributed by atoms with Crippen molar-refractivity contribution in [2.75, 3.05) is 31.1 Å². The number of carbonyl (C=O) groups excluding carboxylic acids is 1. The molecule has 6 heteroatoms. The van der Waals surface area contributed by atoms with Crippen LogP contribution in [0.4, 0.5) is 5.69 Å². The van der Waals surface area contributed by atoms with Crippen molar-refractivity contribution in [1.29, 1.82) is 0 Å². The number of anilines is 1. The number of rotatable bonds is 4. The first-order valence-corrected chi connectivity index (χ1v) is 9.00. The molecule has 2 aromatic rings. The van der Waals surface area contributed by atoms with Crippen molar-refractivity contribution < 1.29 is 4.79 Å². The number of pyridine rings is 1. The molecule has 6 nitrogen and oxygen atoms in total. The third-order valence-electron chi connectivity index (χ3n) is 5.11. The second kappa shape index (κ2) is 7.68. The highest BCUT2D eigenvalue weighted by molar-refractivity contribution is 5.76. The van der Waals surface area contributed by atoms with Crippen molar-refractivity contribution in [2.45, 2.75) is 40.0 Å². The standard InChI is InChI=1S/C19H27N5O/c1-14-13-20-8-7-18(14)23-9-4-10-24(12-11-23)19(25)6-5-17-15(2)16(3)21-22-17/h7-8,13H,4-6,9-12H2,1-3H3,(H,21,22). The molecule has 0 spiro atoms. The normalized spacial score (nSPS) is 15.3. The van der Waals surface area contributed by atoms with Gasteiger partial charge in [-0.2, -0.15) is 5.10 Å². The number of H-pyrrole nitrogens is 1. The molecular formula is C19H27N5O. The van der Waals surface area contributed by atoms with Crippen molar-refractivity contribution in [1.82, 2.24) is 20.1 Å². The Hall–Kier alpha value is -2.37. The Balaban J connectivity index is 1.56. The molecule has 0 unspecified atom stereocenters. The molecule has 2 aromatic heterocycles. The fourth-order valence-electron chi connectivity index (χ4n) is 3.39. The molecular weight excluding hydrogens is 314 g/mol. The number of aromatic nitrogens is 3. The molecule has 0 aromatic carbocycles. The zero-order valence-electron chi connectivity index (χ0n) is 15.4. The second-order valence-electron chi connectivity index (χ2n) is 6.80. The van der Waals surface area contributed by atoms with Crippen LogP contribution in [0.15, 0.2) is 18.5 Å². The molecule has 1 aliphatic rings. The summed E-state index contributed by atoms with van der Waals surface area (Å²) >= 11 is 0. The Morgan fingerprint density at radius 3 is 2.76 bits per heavy atom. The van der Waals surface area contributed by atoms with Crippen LogP contribution in [0.5, 0.6) is 0 Å². The van der Waals surface area contributed by atoms with Crippen molar-refractivity contribution >= 4 is 11.6 Å². The largest absolute Gasteiger partial charge is 0.369 e. The van der Waals surface area contributed by atoms with Crippen LogP contribution in [0, 0.1) is 20.8 Å². The molecule has 0 atom stereocenters. The molecule has 1 aliphatic heterocycles. The lowest BCUT2D eigenvalue weighted by Gasteiger charge is -2.25. The van der Waals surface area contributed by atoms with Gasteiger partial charge in [0.1, 0.15) is 0 Å². The SMILES string of the molecule is Cc1cnccc1N1CCCN(C(=O)CCc2n[nH]c(C)c2C)CC1. The number of hydrogen-bond acceptors (Lipinski definition) is 4. The Morgan fingerprint density at radius 2 is 2.04 bits per heavy atom. The highest BCUT2D eigenvalue weighted by Gasteiger charge is 2.20. The first-order chi connectivity index (χ1) is 12.1. The van der Waals surface area contributed by atoms with Gasteiger partial charge in [0.15, 0.2) is 0 Å². The van der Waals surface area contributed by atoms with Gasteiger partial charge in [0.25, 0.3) is 0 Å². The van der Waals surface area contributed by atoms with E-state index in [2.05, 4.69) is 40.0 Å². The van der Waals surface area contributed by atoms with Gasteiger partial charge in [-0.1, -0.05) is 0 Å². The summed E-state index contributed by atoms with van der Waals surface area (Å²) in [6, 6.07) is 2.06. The fraction of sp³-hybridized carbons (Fsp3) is 0.526. The molecule has 3 heterocycles. The predicted octanol–water partition coefficient (Wildman–Crippen LogP) is 2.40. The third-order valence-corrected chi connectivity index (χ3v) is 5.11. The molecule has 25 heavy (non-hydrogen) atoms. The molecule has 0 bridgehead atoms. The maximum absolute atomic E-state index is 12.6. The van der Waals surface area contributed by atoms with Gasteiger partial charge in [-0.15, -0.1) is 0 Å². The van der Waals surface area contributed by atoms with Crippen LogP contribution in [0.1, 0.15) is 35.4 Å².